The van der Waals surface area contributed by atoms with Crippen LogP contribution >= 0.6 is 0 Å². The fourth-order valence-corrected chi connectivity index (χ4v) is 3.86. The lowest BCUT2D eigenvalue weighted by Crippen LogP contribution is -2.46. The van der Waals surface area contributed by atoms with Crippen LogP contribution in [0.1, 0.15) is 25.7 Å². The van der Waals surface area contributed by atoms with E-state index < -0.39 is 10.0 Å². The molecule has 2 heterocycles. The van der Waals surface area contributed by atoms with Crippen molar-refractivity contribution in [1.82, 2.24) is 14.5 Å². The number of amides is 1. The molecule has 0 bridgehead atoms. The molecule has 116 valence electrons. The van der Waals surface area contributed by atoms with Crippen molar-refractivity contribution in [3.05, 3.63) is 0 Å². The van der Waals surface area contributed by atoms with Crippen LogP contribution in [0.4, 0.5) is 0 Å². The number of likely N-dealkylation sites (tertiary alicyclic amines) is 1. The smallest absolute Gasteiger partial charge is 0.224 e. The van der Waals surface area contributed by atoms with Gasteiger partial charge in [-0.15, -0.1) is 0 Å². The van der Waals surface area contributed by atoms with Gasteiger partial charge in [0, 0.05) is 26.2 Å². The van der Waals surface area contributed by atoms with Gasteiger partial charge in [0.1, 0.15) is 0 Å². The van der Waals surface area contributed by atoms with E-state index in [-0.39, 0.29) is 11.8 Å². The third-order valence-electron chi connectivity index (χ3n) is 4.15. The van der Waals surface area contributed by atoms with Gasteiger partial charge in [-0.25, -0.2) is 12.7 Å². The highest BCUT2D eigenvalue weighted by molar-refractivity contribution is 7.88. The summed E-state index contributed by atoms with van der Waals surface area (Å²) in [6, 6.07) is 0. The fourth-order valence-electron chi connectivity index (χ4n) is 2.95. The lowest BCUT2D eigenvalue weighted by molar-refractivity contribution is -0.126. The van der Waals surface area contributed by atoms with Crippen LogP contribution in [0, 0.1) is 5.92 Å². The lowest BCUT2D eigenvalue weighted by Gasteiger charge is -2.30. The molecule has 0 aromatic carbocycles. The average molecular weight is 303 g/mol. The van der Waals surface area contributed by atoms with Crippen LogP contribution in [0.5, 0.6) is 0 Å². The SMILES string of the molecule is CS(=O)(=O)N1CCCC(C(=O)NCCN2CCCC2)C1. The molecule has 20 heavy (non-hydrogen) atoms. The van der Waals surface area contributed by atoms with Crippen molar-refractivity contribution in [3.8, 4) is 0 Å². The zero-order valence-corrected chi connectivity index (χ0v) is 13.0. The van der Waals surface area contributed by atoms with Crippen LogP contribution in [0.15, 0.2) is 0 Å². The van der Waals surface area contributed by atoms with E-state index in [0.717, 1.165) is 32.5 Å². The zero-order chi connectivity index (χ0) is 14.6. The molecule has 2 aliphatic rings. The first-order chi connectivity index (χ1) is 9.47. The molecule has 2 aliphatic heterocycles. The van der Waals surface area contributed by atoms with Crippen LogP contribution in [-0.2, 0) is 14.8 Å². The molecule has 0 aromatic rings. The van der Waals surface area contributed by atoms with Crippen molar-refractivity contribution < 1.29 is 13.2 Å². The Bertz CT molecular complexity index is 432. The highest BCUT2D eigenvalue weighted by Crippen LogP contribution is 2.18. The molecule has 0 aromatic heterocycles. The van der Waals surface area contributed by atoms with E-state index in [9.17, 15) is 13.2 Å². The normalized spacial score (nSPS) is 25.8. The third kappa shape index (κ3) is 4.43. The first kappa shape index (κ1) is 15.7. The van der Waals surface area contributed by atoms with E-state index in [2.05, 4.69) is 10.2 Å². The summed E-state index contributed by atoms with van der Waals surface area (Å²) in [5, 5.41) is 2.95. The molecule has 1 unspecified atom stereocenters. The summed E-state index contributed by atoms with van der Waals surface area (Å²) in [6.45, 7) is 4.68. The quantitative estimate of drug-likeness (QED) is 0.768. The van der Waals surface area contributed by atoms with Gasteiger partial charge in [-0.3, -0.25) is 4.79 Å². The Labute approximate surface area is 121 Å². The van der Waals surface area contributed by atoms with Crippen LogP contribution in [0.2, 0.25) is 0 Å². The topological polar surface area (TPSA) is 69.7 Å². The zero-order valence-electron chi connectivity index (χ0n) is 12.2. The first-order valence-electron chi connectivity index (χ1n) is 7.42. The van der Waals surface area contributed by atoms with Crippen LogP contribution in [0.3, 0.4) is 0 Å². The molecule has 2 rings (SSSR count). The van der Waals surface area contributed by atoms with Crippen LogP contribution < -0.4 is 5.32 Å². The van der Waals surface area contributed by atoms with E-state index >= 15 is 0 Å². The summed E-state index contributed by atoms with van der Waals surface area (Å²) in [7, 11) is -3.18. The second-order valence-electron chi connectivity index (χ2n) is 5.80. The standard InChI is InChI=1S/C13H25N3O3S/c1-20(18,19)16-9-4-5-12(11-16)13(17)14-6-10-15-7-2-3-8-15/h12H,2-11H2,1H3,(H,14,17). The minimum atomic E-state index is -3.18. The predicted octanol–water partition coefficient (Wildman–Crippen LogP) is -0.130. The van der Waals surface area contributed by atoms with E-state index in [1.807, 2.05) is 0 Å². The summed E-state index contributed by atoms with van der Waals surface area (Å²) >= 11 is 0. The maximum absolute atomic E-state index is 12.1. The van der Waals surface area contributed by atoms with Gasteiger partial charge in [0.25, 0.3) is 0 Å². The minimum Gasteiger partial charge on any atom is -0.355 e. The van der Waals surface area contributed by atoms with E-state index in [1.54, 1.807) is 0 Å². The number of sulfonamides is 1. The number of rotatable bonds is 5. The summed E-state index contributed by atoms with van der Waals surface area (Å²) in [5.41, 5.74) is 0. The molecular weight excluding hydrogens is 278 g/mol. The van der Waals surface area contributed by atoms with E-state index in [4.69, 9.17) is 0 Å². The number of hydrogen-bond donors (Lipinski definition) is 1. The Morgan fingerprint density at radius 1 is 1.20 bits per heavy atom. The van der Waals surface area contributed by atoms with Crippen LogP contribution in [0.25, 0.3) is 0 Å². The van der Waals surface area contributed by atoms with Gasteiger partial charge < -0.3 is 10.2 Å². The van der Waals surface area contributed by atoms with Crippen molar-refractivity contribution in [2.75, 3.05) is 45.5 Å². The lowest BCUT2D eigenvalue weighted by atomic mass is 9.99. The largest absolute Gasteiger partial charge is 0.355 e. The summed E-state index contributed by atoms with van der Waals surface area (Å²) < 4.78 is 24.5. The minimum absolute atomic E-state index is 0.00227. The Morgan fingerprint density at radius 2 is 1.90 bits per heavy atom. The molecule has 1 amide bonds. The molecule has 0 radical (unpaired) electrons. The molecule has 7 heteroatoms. The highest BCUT2D eigenvalue weighted by Gasteiger charge is 2.29. The third-order valence-corrected chi connectivity index (χ3v) is 5.42. The van der Waals surface area contributed by atoms with Crippen molar-refractivity contribution in [3.63, 3.8) is 0 Å². The van der Waals surface area contributed by atoms with Crippen molar-refractivity contribution in [1.29, 1.82) is 0 Å². The number of hydrogen-bond acceptors (Lipinski definition) is 4. The van der Waals surface area contributed by atoms with E-state index in [0.29, 0.717) is 19.6 Å². The first-order valence-corrected chi connectivity index (χ1v) is 9.27. The predicted molar refractivity (Wildman–Crippen MR) is 77.8 cm³/mol. The molecule has 1 N–H and O–H groups in total. The van der Waals surface area contributed by atoms with Gasteiger partial charge in [0.15, 0.2) is 0 Å². The number of carbonyl (C=O) groups excluding carboxylic acids is 1. The average Bonchev–Trinajstić information content (AvgIpc) is 2.91. The molecule has 0 spiro atoms. The maximum Gasteiger partial charge on any atom is 0.224 e. The van der Waals surface area contributed by atoms with Gasteiger partial charge in [-0.05, 0) is 38.8 Å². The highest BCUT2D eigenvalue weighted by atomic mass is 32.2. The second-order valence-corrected chi connectivity index (χ2v) is 7.78. The number of carbonyl (C=O) groups is 1. The Balaban J connectivity index is 1.74. The molecule has 2 saturated heterocycles. The Hall–Kier alpha value is -0.660. The maximum atomic E-state index is 12.1. The van der Waals surface area contributed by atoms with E-state index in [1.165, 1.54) is 23.4 Å². The molecule has 2 fully saturated rings. The number of piperidine rings is 1. The molecule has 0 aliphatic carbocycles. The summed E-state index contributed by atoms with van der Waals surface area (Å²) in [5.74, 6) is -0.199. The monoisotopic (exact) mass is 303 g/mol. The Morgan fingerprint density at radius 3 is 2.55 bits per heavy atom. The Kier molecular flexibility index (Phi) is 5.40. The van der Waals surface area contributed by atoms with Gasteiger partial charge >= 0.3 is 0 Å². The summed E-state index contributed by atoms with van der Waals surface area (Å²) in [4.78, 5) is 14.4. The van der Waals surface area contributed by atoms with Gasteiger partial charge in [-0.2, -0.15) is 0 Å². The van der Waals surface area contributed by atoms with Crippen molar-refractivity contribution >= 4 is 15.9 Å². The number of nitrogens with zero attached hydrogens (tertiary/aromatic N) is 2. The van der Waals surface area contributed by atoms with Crippen molar-refractivity contribution in [2.45, 2.75) is 25.7 Å². The fraction of sp³-hybridized carbons (Fsp3) is 0.923. The number of nitrogens with one attached hydrogen (secondary N) is 1. The summed E-state index contributed by atoms with van der Waals surface area (Å²) in [6.07, 6.45) is 5.25. The molecule has 0 saturated carbocycles. The van der Waals surface area contributed by atoms with Crippen LogP contribution in [-0.4, -0.2) is 69.1 Å². The molecule has 1 atom stereocenters. The molecular formula is C13H25N3O3S. The second kappa shape index (κ2) is 6.87. The van der Waals surface area contributed by atoms with Crippen molar-refractivity contribution in [2.24, 2.45) is 5.92 Å². The van der Waals surface area contributed by atoms with Gasteiger partial charge in [0.2, 0.25) is 15.9 Å². The van der Waals surface area contributed by atoms with Gasteiger partial charge in [0.05, 0.1) is 12.2 Å². The molecule has 6 nitrogen and oxygen atoms in total. The van der Waals surface area contributed by atoms with Gasteiger partial charge in [-0.1, -0.05) is 0 Å².